The van der Waals surface area contributed by atoms with Crippen LogP contribution in [0.25, 0.3) is 11.0 Å². The first-order valence-electron chi connectivity index (χ1n) is 10.4. The minimum absolute atomic E-state index is 0.00296. The van der Waals surface area contributed by atoms with Crippen molar-refractivity contribution in [1.82, 2.24) is 9.13 Å². The Morgan fingerprint density at radius 1 is 0.968 bits per heavy atom. The van der Waals surface area contributed by atoms with Crippen LogP contribution in [0.5, 0.6) is 0 Å². The second-order valence-corrected chi connectivity index (χ2v) is 7.88. The highest BCUT2D eigenvalue weighted by atomic mass is 16.5. The maximum atomic E-state index is 9.24. The van der Waals surface area contributed by atoms with E-state index in [1.165, 1.54) is 11.1 Å². The number of hydrogen-bond acceptors (Lipinski definition) is 3. The summed E-state index contributed by atoms with van der Waals surface area (Å²) in [6, 6.07) is 26.4. The van der Waals surface area contributed by atoms with Crippen LogP contribution in [0.1, 0.15) is 28.3 Å². The Bertz CT molecular complexity index is 1290. The number of nitrogens with zero attached hydrogens (tertiary/aromatic N) is 3. The Labute approximate surface area is 182 Å². The fourth-order valence-electron chi connectivity index (χ4n) is 4.12. The lowest BCUT2D eigenvalue weighted by Gasteiger charge is -2.19. The molecule has 0 saturated heterocycles. The average Bonchev–Trinajstić information content (AvgIpc) is 3.06. The molecule has 31 heavy (non-hydrogen) atoms. The zero-order valence-electron chi connectivity index (χ0n) is 17.9. The topological polar surface area (TPSA) is 66.7 Å². The molecule has 0 aliphatic heterocycles. The highest BCUT2D eigenvalue weighted by molar-refractivity contribution is 5.76. The van der Waals surface area contributed by atoms with E-state index in [-0.39, 0.29) is 6.04 Å². The van der Waals surface area contributed by atoms with Gasteiger partial charge in [0.15, 0.2) is 0 Å². The van der Waals surface area contributed by atoms with E-state index < -0.39 is 0 Å². The number of hydrogen-bond donors (Lipinski definition) is 1. The lowest BCUT2D eigenvalue weighted by molar-refractivity contribution is 0.154. The van der Waals surface area contributed by atoms with Crippen LogP contribution in [-0.4, -0.2) is 22.9 Å². The van der Waals surface area contributed by atoms with Gasteiger partial charge in [-0.15, -0.1) is 0 Å². The minimum Gasteiger partial charge on any atom is -0.383 e. The Kier molecular flexibility index (Phi) is 6.01. The number of fused-ring (bicyclic) bond motifs is 1. The van der Waals surface area contributed by atoms with Crippen molar-refractivity contribution in [3.63, 3.8) is 0 Å². The van der Waals surface area contributed by atoms with Gasteiger partial charge < -0.3 is 13.9 Å². The zero-order chi connectivity index (χ0) is 21.8. The molecule has 0 fully saturated rings. The third kappa shape index (κ3) is 4.30. The van der Waals surface area contributed by atoms with Crippen LogP contribution < -0.4 is 5.62 Å². The van der Waals surface area contributed by atoms with E-state index in [1.807, 2.05) is 41.0 Å². The highest BCUT2D eigenvalue weighted by Crippen LogP contribution is 2.22. The summed E-state index contributed by atoms with van der Waals surface area (Å²) in [5.74, 6) is 0. The smallest absolute Gasteiger partial charge is 0.203 e. The predicted molar refractivity (Wildman–Crippen MR) is 122 cm³/mol. The van der Waals surface area contributed by atoms with Crippen LogP contribution in [0, 0.1) is 23.7 Å². The number of imidazole rings is 1. The lowest BCUT2D eigenvalue weighted by Crippen LogP contribution is -2.31. The second-order valence-electron chi connectivity index (χ2n) is 7.88. The third-order valence-electron chi connectivity index (χ3n) is 5.63. The second kappa shape index (κ2) is 9.03. The lowest BCUT2D eigenvalue weighted by atomic mass is 10.0. The van der Waals surface area contributed by atoms with E-state index in [0.717, 1.165) is 23.0 Å². The molecule has 1 aromatic heterocycles. The number of nitriles is 1. The molecule has 0 aliphatic rings. The standard InChI is InChI=1S/C26H26N4O/c1-19-10-12-20(13-11-19)15-23(18-31-2)30-25-9-4-3-8-24(25)29(26(30)28)17-22-7-5-6-21(14-22)16-27/h3-14,23,28H,15,17-18H2,1-2H3/t23-/m0/s1. The van der Waals surface area contributed by atoms with Crippen molar-refractivity contribution in [3.8, 4) is 6.07 Å². The summed E-state index contributed by atoms with van der Waals surface area (Å²) in [6.07, 6.45) is 0.780. The van der Waals surface area contributed by atoms with Crippen molar-refractivity contribution in [2.75, 3.05) is 13.7 Å². The minimum atomic E-state index is -0.00296. The van der Waals surface area contributed by atoms with E-state index in [2.05, 4.69) is 47.9 Å². The summed E-state index contributed by atoms with van der Waals surface area (Å²) >= 11 is 0. The van der Waals surface area contributed by atoms with Gasteiger partial charge in [0.05, 0.1) is 41.9 Å². The van der Waals surface area contributed by atoms with E-state index in [1.54, 1.807) is 13.2 Å². The molecule has 0 unspecified atom stereocenters. The predicted octanol–water partition coefficient (Wildman–Crippen LogP) is 4.58. The van der Waals surface area contributed by atoms with Crippen LogP contribution >= 0.6 is 0 Å². The van der Waals surface area contributed by atoms with Gasteiger partial charge in [-0.05, 0) is 48.7 Å². The largest absolute Gasteiger partial charge is 0.383 e. The summed E-state index contributed by atoms with van der Waals surface area (Å²) in [7, 11) is 1.71. The molecule has 1 atom stereocenters. The molecule has 5 heteroatoms. The maximum absolute atomic E-state index is 9.24. The third-order valence-corrected chi connectivity index (χ3v) is 5.63. The number of aromatic nitrogens is 2. The fourth-order valence-corrected chi connectivity index (χ4v) is 4.12. The number of para-hydroxylation sites is 2. The SMILES string of the molecule is COC[C@H](Cc1ccc(C)cc1)n1c(=N)n(Cc2cccc(C#N)c2)c2ccccc21. The van der Waals surface area contributed by atoms with Gasteiger partial charge >= 0.3 is 0 Å². The van der Waals surface area contributed by atoms with Crippen LogP contribution in [0.4, 0.5) is 0 Å². The molecular weight excluding hydrogens is 384 g/mol. The first-order chi connectivity index (χ1) is 15.1. The number of methoxy groups -OCH3 is 1. The van der Waals surface area contributed by atoms with Crippen LogP contribution in [-0.2, 0) is 17.7 Å². The molecular formula is C26H26N4O. The summed E-state index contributed by atoms with van der Waals surface area (Å²) in [5, 5.41) is 18.3. The van der Waals surface area contributed by atoms with E-state index in [4.69, 9.17) is 10.1 Å². The quantitative estimate of drug-likeness (QED) is 0.485. The van der Waals surface area contributed by atoms with E-state index >= 15 is 0 Å². The fraction of sp³-hybridized carbons (Fsp3) is 0.231. The summed E-state index contributed by atoms with van der Waals surface area (Å²) in [4.78, 5) is 0. The number of aryl methyl sites for hydroxylation is 1. The highest BCUT2D eigenvalue weighted by Gasteiger charge is 2.19. The molecule has 3 aromatic carbocycles. The van der Waals surface area contributed by atoms with Crippen molar-refractivity contribution in [3.05, 3.63) is 101 Å². The van der Waals surface area contributed by atoms with Gasteiger partial charge in [-0.1, -0.05) is 54.1 Å². The maximum Gasteiger partial charge on any atom is 0.203 e. The van der Waals surface area contributed by atoms with Crippen LogP contribution in [0.2, 0.25) is 0 Å². The zero-order valence-corrected chi connectivity index (χ0v) is 17.9. The van der Waals surface area contributed by atoms with Gasteiger partial charge in [0.2, 0.25) is 5.62 Å². The molecule has 4 rings (SSSR count). The summed E-state index contributed by atoms with van der Waals surface area (Å²) < 4.78 is 9.65. The normalized spacial score (nSPS) is 12.0. The van der Waals surface area contributed by atoms with Crippen molar-refractivity contribution in [2.45, 2.75) is 25.9 Å². The number of nitrogens with one attached hydrogen (secondary N) is 1. The van der Waals surface area contributed by atoms with Gasteiger partial charge in [-0.2, -0.15) is 5.26 Å². The summed E-state index contributed by atoms with van der Waals surface area (Å²) in [5.41, 5.74) is 6.53. The van der Waals surface area contributed by atoms with E-state index in [0.29, 0.717) is 24.3 Å². The first-order valence-corrected chi connectivity index (χ1v) is 10.4. The van der Waals surface area contributed by atoms with Crippen molar-refractivity contribution >= 4 is 11.0 Å². The Balaban J connectivity index is 1.79. The average molecular weight is 411 g/mol. The van der Waals surface area contributed by atoms with Crippen molar-refractivity contribution in [1.29, 1.82) is 10.7 Å². The Morgan fingerprint density at radius 2 is 1.71 bits per heavy atom. The molecule has 1 N–H and O–H groups in total. The van der Waals surface area contributed by atoms with Gasteiger partial charge in [0.1, 0.15) is 0 Å². The number of ether oxygens (including phenoxy) is 1. The monoisotopic (exact) mass is 410 g/mol. The molecule has 5 nitrogen and oxygen atoms in total. The van der Waals surface area contributed by atoms with Crippen molar-refractivity contribution < 1.29 is 4.74 Å². The van der Waals surface area contributed by atoms with Gasteiger partial charge in [-0.25, -0.2) is 0 Å². The number of benzene rings is 3. The van der Waals surface area contributed by atoms with Gasteiger partial charge in [0.25, 0.3) is 0 Å². The molecule has 0 aliphatic carbocycles. The molecule has 0 saturated carbocycles. The molecule has 4 aromatic rings. The Hall–Kier alpha value is -3.62. The molecule has 0 amide bonds. The summed E-state index contributed by atoms with van der Waals surface area (Å²) in [6.45, 7) is 3.14. The molecule has 0 radical (unpaired) electrons. The molecule has 0 spiro atoms. The Morgan fingerprint density at radius 3 is 2.42 bits per heavy atom. The van der Waals surface area contributed by atoms with E-state index in [9.17, 15) is 5.26 Å². The molecule has 156 valence electrons. The molecule has 0 bridgehead atoms. The van der Waals surface area contributed by atoms with Crippen molar-refractivity contribution in [2.24, 2.45) is 0 Å². The first kappa shape index (κ1) is 20.6. The van der Waals surface area contributed by atoms with Crippen LogP contribution in [0.15, 0.2) is 72.8 Å². The van der Waals surface area contributed by atoms with Crippen LogP contribution in [0.3, 0.4) is 0 Å². The molecule has 1 heterocycles. The van der Waals surface area contributed by atoms with Gasteiger partial charge in [0, 0.05) is 7.11 Å². The van der Waals surface area contributed by atoms with Gasteiger partial charge in [-0.3, -0.25) is 5.41 Å². The number of rotatable bonds is 7.